The maximum absolute atomic E-state index is 11.5. The van der Waals surface area contributed by atoms with Crippen LogP contribution in [0.2, 0.25) is 0 Å². The summed E-state index contributed by atoms with van der Waals surface area (Å²) in [6.07, 6.45) is 0.345. The molecule has 2 amide bonds. The first-order valence-electron chi connectivity index (χ1n) is 4.36. The Morgan fingerprint density at radius 2 is 2.31 bits per heavy atom. The number of carbonyl (C=O) groups excluding carboxylic acids is 2. The number of likely N-dealkylation sites (tertiary alicyclic amines) is 1. The SMILES string of the molecule is CCN1C(=O)C[C@H](SCCN)C1=O. The van der Waals surface area contributed by atoms with E-state index in [1.54, 1.807) is 0 Å². The molecule has 2 N–H and O–H groups in total. The second-order valence-electron chi connectivity index (χ2n) is 2.83. The minimum Gasteiger partial charge on any atom is -0.330 e. The van der Waals surface area contributed by atoms with E-state index >= 15 is 0 Å². The van der Waals surface area contributed by atoms with Crippen LogP contribution in [0.3, 0.4) is 0 Å². The minimum absolute atomic E-state index is 0.0500. The molecule has 0 aliphatic carbocycles. The molecule has 5 heteroatoms. The van der Waals surface area contributed by atoms with Crippen molar-refractivity contribution >= 4 is 23.6 Å². The van der Waals surface area contributed by atoms with Gasteiger partial charge in [-0.1, -0.05) is 0 Å². The maximum Gasteiger partial charge on any atom is 0.242 e. The molecule has 1 saturated heterocycles. The van der Waals surface area contributed by atoms with Gasteiger partial charge in [0.2, 0.25) is 11.8 Å². The Morgan fingerprint density at radius 3 is 2.77 bits per heavy atom. The van der Waals surface area contributed by atoms with Crippen LogP contribution in [0.25, 0.3) is 0 Å². The summed E-state index contributed by atoms with van der Waals surface area (Å²) in [4.78, 5) is 24.1. The number of hydrogen-bond acceptors (Lipinski definition) is 4. The number of nitrogens with zero attached hydrogens (tertiary/aromatic N) is 1. The first-order valence-corrected chi connectivity index (χ1v) is 5.41. The van der Waals surface area contributed by atoms with Crippen LogP contribution in [0, 0.1) is 0 Å². The lowest BCUT2D eigenvalue weighted by Gasteiger charge is -2.10. The zero-order valence-corrected chi connectivity index (χ0v) is 8.47. The van der Waals surface area contributed by atoms with Crippen molar-refractivity contribution < 1.29 is 9.59 Å². The second-order valence-corrected chi connectivity index (χ2v) is 4.14. The van der Waals surface area contributed by atoms with Crippen molar-refractivity contribution in [1.82, 2.24) is 4.90 Å². The molecule has 0 unspecified atom stereocenters. The van der Waals surface area contributed by atoms with E-state index in [0.717, 1.165) is 5.75 Å². The zero-order valence-electron chi connectivity index (χ0n) is 7.66. The van der Waals surface area contributed by atoms with Crippen LogP contribution < -0.4 is 5.73 Å². The molecule has 74 valence electrons. The maximum atomic E-state index is 11.5. The number of hydrogen-bond donors (Lipinski definition) is 1. The molecular formula is C8H14N2O2S. The standard InChI is InChI=1S/C8H14N2O2S/c1-2-10-7(11)5-6(8(10)12)13-4-3-9/h6H,2-5,9H2,1H3/t6-/m0/s1. The van der Waals surface area contributed by atoms with Gasteiger partial charge < -0.3 is 5.73 Å². The van der Waals surface area contributed by atoms with Gasteiger partial charge in [-0.25, -0.2) is 0 Å². The first kappa shape index (κ1) is 10.5. The molecule has 1 heterocycles. The summed E-state index contributed by atoms with van der Waals surface area (Å²) >= 11 is 1.48. The minimum atomic E-state index is -0.184. The molecule has 0 radical (unpaired) electrons. The normalized spacial score (nSPS) is 22.9. The molecule has 0 aromatic heterocycles. The molecule has 0 spiro atoms. The van der Waals surface area contributed by atoms with Gasteiger partial charge in [-0.15, -0.1) is 11.8 Å². The predicted octanol–water partition coefficient (Wildman–Crippen LogP) is -0.174. The van der Waals surface area contributed by atoms with E-state index in [4.69, 9.17) is 5.73 Å². The molecule has 1 atom stereocenters. The summed E-state index contributed by atoms with van der Waals surface area (Å²) in [5, 5.41) is -0.184. The molecule has 4 nitrogen and oxygen atoms in total. The lowest BCUT2D eigenvalue weighted by molar-refractivity contribution is -0.137. The van der Waals surface area contributed by atoms with Gasteiger partial charge in [0.1, 0.15) is 0 Å². The van der Waals surface area contributed by atoms with Gasteiger partial charge in [0.05, 0.1) is 5.25 Å². The fourth-order valence-electron chi connectivity index (χ4n) is 1.33. The molecule has 1 rings (SSSR count). The Labute approximate surface area is 81.8 Å². The Morgan fingerprint density at radius 1 is 1.62 bits per heavy atom. The van der Waals surface area contributed by atoms with Gasteiger partial charge >= 0.3 is 0 Å². The Kier molecular flexibility index (Phi) is 3.74. The third-order valence-corrected chi connectivity index (χ3v) is 3.20. The van der Waals surface area contributed by atoms with Gasteiger partial charge in [-0.3, -0.25) is 14.5 Å². The highest BCUT2D eigenvalue weighted by atomic mass is 32.2. The molecule has 0 aromatic rings. The lowest BCUT2D eigenvalue weighted by atomic mass is 10.4. The molecule has 0 saturated carbocycles. The fourth-order valence-corrected chi connectivity index (χ4v) is 2.28. The summed E-state index contributed by atoms with van der Waals surface area (Å²) in [6.45, 7) is 2.85. The Balaban J connectivity index is 2.52. The number of nitrogens with two attached hydrogens (primary N) is 1. The van der Waals surface area contributed by atoms with Crippen LogP contribution in [0.1, 0.15) is 13.3 Å². The highest BCUT2D eigenvalue weighted by molar-refractivity contribution is 8.00. The monoisotopic (exact) mass is 202 g/mol. The summed E-state index contributed by atoms with van der Waals surface area (Å²) in [7, 11) is 0. The average molecular weight is 202 g/mol. The molecule has 13 heavy (non-hydrogen) atoms. The topological polar surface area (TPSA) is 63.4 Å². The van der Waals surface area contributed by atoms with Crippen molar-refractivity contribution in [2.75, 3.05) is 18.8 Å². The number of rotatable bonds is 4. The number of amides is 2. The van der Waals surface area contributed by atoms with Crippen LogP contribution in [0.15, 0.2) is 0 Å². The van der Waals surface area contributed by atoms with E-state index in [-0.39, 0.29) is 17.1 Å². The van der Waals surface area contributed by atoms with E-state index in [9.17, 15) is 9.59 Å². The average Bonchev–Trinajstić information content (AvgIpc) is 2.38. The highest BCUT2D eigenvalue weighted by Gasteiger charge is 2.37. The van der Waals surface area contributed by atoms with Crippen molar-refractivity contribution in [3.05, 3.63) is 0 Å². The molecule has 0 aromatic carbocycles. The van der Waals surface area contributed by atoms with Crippen molar-refractivity contribution in [3.8, 4) is 0 Å². The van der Waals surface area contributed by atoms with Crippen LogP contribution in [-0.4, -0.2) is 40.8 Å². The van der Waals surface area contributed by atoms with Gasteiger partial charge in [0.25, 0.3) is 0 Å². The summed E-state index contributed by atoms with van der Waals surface area (Å²) < 4.78 is 0. The van der Waals surface area contributed by atoms with Crippen molar-refractivity contribution in [1.29, 1.82) is 0 Å². The van der Waals surface area contributed by atoms with Gasteiger partial charge in [-0.2, -0.15) is 0 Å². The molecule has 1 aliphatic heterocycles. The van der Waals surface area contributed by atoms with Crippen LogP contribution in [-0.2, 0) is 9.59 Å². The third kappa shape index (κ3) is 2.22. The first-order chi connectivity index (χ1) is 6.20. The number of thioether (sulfide) groups is 1. The molecular weight excluding hydrogens is 188 g/mol. The summed E-state index contributed by atoms with van der Waals surface area (Å²) in [5.74, 6) is 0.634. The van der Waals surface area contributed by atoms with Crippen molar-refractivity contribution in [2.24, 2.45) is 5.73 Å². The van der Waals surface area contributed by atoms with E-state index < -0.39 is 0 Å². The van der Waals surface area contributed by atoms with Gasteiger partial charge in [0, 0.05) is 25.3 Å². The fraction of sp³-hybridized carbons (Fsp3) is 0.750. The summed E-state index contributed by atoms with van der Waals surface area (Å²) in [6, 6.07) is 0. The lowest BCUT2D eigenvalue weighted by Crippen LogP contribution is -2.31. The van der Waals surface area contributed by atoms with E-state index in [0.29, 0.717) is 19.5 Å². The van der Waals surface area contributed by atoms with E-state index in [2.05, 4.69) is 0 Å². The smallest absolute Gasteiger partial charge is 0.242 e. The predicted molar refractivity (Wildman–Crippen MR) is 52.3 cm³/mol. The summed E-state index contributed by atoms with van der Waals surface area (Å²) in [5.41, 5.74) is 5.32. The largest absolute Gasteiger partial charge is 0.330 e. The van der Waals surface area contributed by atoms with E-state index in [1.165, 1.54) is 16.7 Å². The highest BCUT2D eigenvalue weighted by Crippen LogP contribution is 2.24. The van der Waals surface area contributed by atoms with Crippen molar-refractivity contribution in [2.45, 2.75) is 18.6 Å². The van der Waals surface area contributed by atoms with Crippen LogP contribution in [0.4, 0.5) is 0 Å². The molecule has 0 bridgehead atoms. The van der Waals surface area contributed by atoms with Crippen LogP contribution >= 0.6 is 11.8 Å². The van der Waals surface area contributed by atoms with Crippen molar-refractivity contribution in [3.63, 3.8) is 0 Å². The van der Waals surface area contributed by atoms with Gasteiger partial charge in [-0.05, 0) is 6.92 Å². The third-order valence-electron chi connectivity index (χ3n) is 1.96. The molecule has 1 aliphatic rings. The Bertz CT molecular complexity index is 220. The van der Waals surface area contributed by atoms with E-state index in [1.807, 2.05) is 6.92 Å². The van der Waals surface area contributed by atoms with Crippen LogP contribution in [0.5, 0.6) is 0 Å². The van der Waals surface area contributed by atoms with Gasteiger partial charge in [0.15, 0.2) is 0 Å². The number of carbonyl (C=O) groups is 2. The quantitative estimate of drug-likeness (QED) is 0.643. The number of imide groups is 1. The second kappa shape index (κ2) is 4.62. The molecule has 1 fully saturated rings. The zero-order chi connectivity index (χ0) is 9.84. The Hall–Kier alpha value is -0.550.